The van der Waals surface area contributed by atoms with Crippen LogP contribution >= 0.6 is 0 Å². The van der Waals surface area contributed by atoms with Crippen molar-refractivity contribution in [2.75, 3.05) is 13.6 Å². The van der Waals surface area contributed by atoms with Gasteiger partial charge in [0.05, 0.1) is 0 Å². The van der Waals surface area contributed by atoms with E-state index in [1.807, 2.05) is 0 Å². The van der Waals surface area contributed by atoms with Crippen LogP contribution in [0.25, 0.3) is 0 Å². The Hall–Kier alpha value is -0.860. The first-order chi connectivity index (χ1) is 8.70. The first kappa shape index (κ1) is 13.6. The summed E-state index contributed by atoms with van der Waals surface area (Å²) < 4.78 is 0. The Kier molecular flexibility index (Phi) is 4.79. The predicted octanol–water partition coefficient (Wildman–Crippen LogP) is 3.03. The SMILES string of the molecule is CCNCc1cccc(CN(C)C(C)C2CC2)c1. The highest BCUT2D eigenvalue weighted by atomic mass is 15.1. The molecule has 100 valence electrons. The largest absolute Gasteiger partial charge is 0.313 e. The summed E-state index contributed by atoms with van der Waals surface area (Å²) >= 11 is 0. The standard InChI is InChI=1S/C16H26N2/c1-4-17-11-14-6-5-7-15(10-14)12-18(3)13(2)16-8-9-16/h5-7,10,13,16-17H,4,8-9,11-12H2,1-3H3. The molecular formula is C16H26N2. The summed E-state index contributed by atoms with van der Waals surface area (Å²) in [7, 11) is 2.25. The van der Waals surface area contributed by atoms with Crippen molar-refractivity contribution in [1.29, 1.82) is 0 Å². The summed E-state index contributed by atoms with van der Waals surface area (Å²) in [5.74, 6) is 0.944. The number of rotatable bonds is 7. The van der Waals surface area contributed by atoms with E-state index in [9.17, 15) is 0 Å². The smallest absolute Gasteiger partial charge is 0.0233 e. The Balaban J connectivity index is 1.91. The monoisotopic (exact) mass is 246 g/mol. The molecule has 0 amide bonds. The molecule has 1 aromatic carbocycles. The van der Waals surface area contributed by atoms with Crippen LogP contribution in [0.2, 0.25) is 0 Å². The van der Waals surface area contributed by atoms with E-state index in [-0.39, 0.29) is 0 Å². The van der Waals surface area contributed by atoms with Gasteiger partial charge in [0, 0.05) is 19.1 Å². The second-order valence-electron chi connectivity index (χ2n) is 5.59. The van der Waals surface area contributed by atoms with Crippen molar-refractivity contribution in [3.63, 3.8) is 0 Å². The van der Waals surface area contributed by atoms with E-state index >= 15 is 0 Å². The van der Waals surface area contributed by atoms with Crippen molar-refractivity contribution in [3.05, 3.63) is 35.4 Å². The van der Waals surface area contributed by atoms with Crippen molar-refractivity contribution in [3.8, 4) is 0 Å². The van der Waals surface area contributed by atoms with E-state index in [1.54, 1.807) is 0 Å². The number of nitrogens with one attached hydrogen (secondary N) is 1. The molecule has 0 bridgehead atoms. The summed E-state index contributed by atoms with van der Waals surface area (Å²) in [6.45, 7) is 7.59. The molecule has 0 saturated heterocycles. The van der Waals surface area contributed by atoms with Gasteiger partial charge in [0.15, 0.2) is 0 Å². The molecule has 1 aliphatic rings. The number of hydrogen-bond donors (Lipinski definition) is 1. The van der Waals surface area contributed by atoms with Gasteiger partial charge in [-0.3, -0.25) is 4.90 Å². The normalized spacial score (nSPS) is 17.1. The highest BCUT2D eigenvalue weighted by molar-refractivity contribution is 5.23. The van der Waals surface area contributed by atoms with E-state index in [0.29, 0.717) is 0 Å². The fourth-order valence-electron chi connectivity index (χ4n) is 2.48. The average molecular weight is 246 g/mol. The summed E-state index contributed by atoms with van der Waals surface area (Å²) in [6.07, 6.45) is 2.85. The molecule has 1 aromatic rings. The molecule has 1 aliphatic carbocycles. The van der Waals surface area contributed by atoms with Gasteiger partial charge < -0.3 is 5.32 Å². The highest BCUT2D eigenvalue weighted by Gasteiger charge is 2.30. The number of benzene rings is 1. The van der Waals surface area contributed by atoms with Crippen molar-refractivity contribution < 1.29 is 0 Å². The van der Waals surface area contributed by atoms with Gasteiger partial charge in [-0.25, -0.2) is 0 Å². The second-order valence-corrected chi connectivity index (χ2v) is 5.59. The Morgan fingerprint density at radius 3 is 2.72 bits per heavy atom. The van der Waals surface area contributed by atoms with Crippen molar-refractivity contribution in [2.45, 2.75) is 45.8 Å². The third-order valence-corrected chi connectivity index (χ3v) is 4.00. The zero-order valence-electron chi connectivity index (χ0n) is 11.9. The van der Waals surface area contributed by atoms with E-state index in [4.69, 9.17) is 0 Å². The summed E-state index contributed by atoms with van der Waals surface area (Å²) in [4.78, 5) is 2.49. The lowest BCUT2D eigenvalue weighted by atomic mass is 10.1. The van der Waals surface area contributed by atoms with Crippen LogP contribution in [-0.4, -0.2) is 24.5 Å². The third-order valence-electron chi connectivity index (χ3n) is 4.00. The number of nitrogens with zero attached hydrogens (tertiary/aromatic N) is 1. The maximum atomic E-state index is 3.38. The zero-order chi connectivity index (χ0) is 13.0. The quantitative estimate of drug-likeness (QED) is 0.795. The second kappa shape index (κ2) is 6.35. The molecule has 1 fully saturated rings. The van der Waals surface area contributed by atoms with E-state index in [2.05, 4.69) is 55.4 Å². The maximum Gasteiger partial charge on any atom is 0.0233 e. The van der Waals surface area contributed by atoms with Gasteiger partial charge >= 0.3 is 0 Å². The van der Waals surface area contributed by atoms with Crippen LogP contribution in [0, 0.1) is 5.92 Å². The van der Waals surface area contributed by atoms with Crippen LogP contribution in [0.1, 0.15) is 37.8 Å². The predicted molar refractivity (Wildman–Crippen MR) is 77.5 cm³/mol. The van der Waals surface area contributed by atoms with Crippen LogP contribution in [0.4, 0.5) is 0 Å². The molecule has 18 heavy (non-hydrogen) atoms. The van der Waals surface area contributed by atoms with Gasteiger partial charge in [-0.1, -0.05) is 31.2 Å². The van der Waals surface area contributed by atoms with E-state index in [1.165, 1.54) is 24.0 Å². The zero-order valence-corrected chi connectivity index (χ0v) is 11.9. The van der Waals surface area contributed by atoms with Gasteiger partial charge in [0.1, 0.15) is 0 Å². The lowest BCUT2D eigenvalue weighted by molar-refractivity contribution is 0.226. The fraction of sp³-hybridized carbons (Fsp3) is 0.625. The van der Waals surface area contributed by atoms with Crippen LogP contribution < -0.4 is 5.32 Å². The minimum absolute atomic E-state index is 0.724. The van der Waals surface area contributed by atoms with Gasteiger partial charge in [0.25, 0.3) is 0 Å². The molecule has 0 aliphatic heterocycles. The lowest BCUT2D eigenvalue weighted by Crippen LogP contribution is -2.30. The van der Waals surface area contributed by atoms with E-state index in [0.717, 1.165) is 31.6 Å². The average Bonchev–Trinajstić information content (AvgIpc) is 3.20. The Morgan fingerprint density at radius 2 is 2.06 bits per heavy atom. The Labute approximate surface area is 111 Å². The highest BCUT2D eigenvalue weighted by Crippen LogP contribution is 2.35. The minimum atomic E-state index is 0.724. The fourth-order valence-corrected chi connectivity index (χ4v) is 2.48. The molecule has 1 atom stereocenters. The molecule has 2 heteroatoms. The van der Waals surface area contributed by atoms with E-state index < -0.39 is 0 Å². The first-order valence-corrected chi connectivity index (χ1v) is 7.19. The van der Waals surface area contributed by atoms with Gasteiger partial charge in [0.2, 0.25) is 0 Å². The molecule has 1 unspecified atom stereocenters. The molecular weight excluding hydrogens is 220 g/mol. The Bertz CT molecular complexity index is 371. The van der Waals surface area contributed by atoms with Crippen molar-refractivity contribution in [2.24, 2.45) is 5.92 Å². The maximum absolute atomic E-state index is 3.38. The van der Waals surface area contributed by atoms with Gasteiger partial charge in [-0.05, 0) is 50.4 Å². The Morgan fingerprint density at radius 1 is 1.33 bits per heavy atom. The number of hydrogen-bond acceptors (Lipinski definition) is 2. The molecule has 1 saturated carbocycles. The summed E-state index contributed by atoms with van der Waals surface area (Å²) in [6, 6.07) is 9.68. The van der Waals surface area contributed by atoms with Crippen molar-refractivity contribution in [1.82, 2.24) is 10.2 Å². The molecule has 0 radical (unpaired) electrons. The molecule has 0 spiro atoms. The summed E-state index contributed by atoms with van der Waals surface area (Å²) in [5, 5.41) is 3.38. The van der Waals surface area contributed by atoms with Crippen LogP contribution in [0.5, 0.6) is 0 Å². The van der Waals surface area contributed by atoms with Crippen LogP contribution in [0.15, 0.2) is 24.3 Å². The van der Waals surface area contributed by atoms with Crippen molar-refractivity contribution >= 4 is 0 Å². The van der Waals surface area contributed by atoms with Crippen LogP contribution in [-0.2, 0) is 13.1 Å². The molecule has 0 heterocycles. The molecule has 1 N–H and O–H groups in total. The molecule has 2 nitrogen and oxygen atoms in total. The molecule has 2 rings (SSSR count). The first-order valence-electron chi connectivity index (χ1n) is 7.19. The minimum Gasteiger partial charge on any atom is -0.313 e. The van der Waals surface area contributed by atoms with Gasteiger partial charge in [-0.15, -0.1) is 0 Å². The lowest BCUT2D eigenvalue weighted by Gasteiger charge is -2.24. The van der Waals surface area contributed by atoms with Crippen LogP contribution in [0.3, 0.4) is 0 Å². The van der Waals surface area contributed by atoms with Gasteiger partial charge in [-0.2, -0.15) is 0 Å². The molecule has 0 aromatic heterocycles. The topological polar surface area (TPSA) is 15.3 Å². The third kappa shape index (κ3) is 3.82. The summed E-state index contributed by atoms with van der Waals surface area (Å²) in [5.41, 5.74) is 2.82.